The van der Waals surface area contributed by atoms with E-state index in [0.717, 1.165) is 38.4 Å². The van der Waals surface area contributed by atoms with E-state index in [9.17, 15) is 0 Å². The van der Waals surface area contributed by atoms with Gasteiger partial charge >= 0.3 is 0 Å². The normalized spacial score (nSPS) is 19.6. The zero-order valence-corrected chi connectivity index (χ0v) is 6.88. The minimum Gasteiger partial charge on any atom is -0.379 e. The Morgan fingerprint density at radius 2 is 2.09 bits per heavy atom. The third-order valence-corrected chi connectivity index (χ3v) is 1.82. The van der Waals surface area contributed by atoms with Crippen molar-refractivity contribution in [3.63, 3.8) is 0 Å². The zero-order valence-electron chi connectivity index (χ0n) is 6.88. The van der Waals surface area contributed by atoms with Gasteiger partial charge in [0.25, 0.3) is 0 Å². The number of nitrogens with zero attached hydrogens (tertiary/aromatic N) is 1. The summed E-state index contributed by atoms with van der Waals surface area (Å²) in [6, 6.07) is 0. The maximum Gasteiger partial charge on any atom is 0.0594 e. The molecule has 1 aliphatic heterocycles. The van der Waals surface area contributed by atoms with Crippen molar-refractivity contribution in [3.8, 4) is 0 Å². The maximum absolute atomic E-state index is 5.22. The van der Waals surface area contributed by atoms with Crippen molar-refractivity contribution in [1.29, 1.82) is 0 Å². The van der Waals surface area contributed by atoms with Crippen LogP contribution < -0.4 is 0 Å². The Morgan fingerprint density at radius 3 is 2.64 bits per heavy atom. The molecule has 62 valence electrons. The van der Waals surface area contributed by atoms with E-state index in [1.807, 2.05) is 6.08 Å². The van der Waals surface area contributed by atoms with Crippen LogP contribution in [0.1, 0.15) is 0 Å². The van der Waals surface area contributed by atoms with Gasteiger partial charge < -0.3 is 4.74 Å². The van der Waals surface area contributed by atoms with Crippen molar-refractivity contribution >= 4 is 0 Å². The first-order valence-electron chi connectivity index (χ1n) is 3.93. The summed E-state index contributed by atoms with van der Waals surface area (Å²) >= 11 is 0. The van der Waals surface area contributed by atoms with Crippen LogP contribution in [0.3, 0.4) is 0 Å². The Hall–Kier alpha value is -0.600. The summed E-state index contributed by atoms with van der Waals surface area (Å²) in [6.45, 7) is 12.2. The number of ether oxygens (including phenoxy) is 1. The maximum atomic E-state index is 5.22. The second-order valence-corrected chi connectivity index (χ2v) is 2.75. The van der Waals surface area contributed by atoms with Gasteiger partial charge in [-0.1, -0.05) is 19.2 Å². The SMILES string of the molecule is C=CC(=C)CN1CCOCC1. The monoisotopic (exact) mass is 153 g/mol. The van der Waals surface area contributed by atoms with E-state index < -0.39 is 0 Å². The van der Waals surface area contributed by atoms with E-state index in [0.29, 0.717) is 0 Å². The van der Waals surface area contributed by atoms with E-state index in [-0.39, 0.29) is 0 Å². The minimum atomic E-state index is 0.852. The van der Waals surface area contributed by atoms with Gasteiger partial charge in [-0.3, -0.25) is 4.90 Å². The smallest absolute Gasteiger partial charge is 0.0594 e. The Morgan fingerprint density at radius 1 is 1.45 bits per heavy atom. The molecule has 1 heterocycles. The molecule has 1 fully saturated rings. The zero-order chi connectivity index (χ0) is 8.10. The van der Waals surface area contributed by atoms with Gasteiger partial charge in [0.15, 0.2) is 0 Å². The molecule has 0 radical (unpaired) electrons. The van der Waals surface area contributed by atoms with Gasteiger partial charge in [0.05, 0.1) is 13.2 Å². The number of hydrogen-bond acceptors (Lipinski definition) is 2. The lowest BCUT2D eigenvalue weighted by Crippen LogP contribution is -2.37. The third kappa shape index (κ3) is 2.87. The van der Waals surface area contributed by atoms with Gasteiger partial charge in [-0.25, -0.2) is 0 Å². The van der Waals surface area contributed by atoms with E-state index in [1.54, 1.807) is 0 Å². The average Bonchev–Trinajstić information content (AvgIpc) is 2.06. The molecule has 1 rings (SSSR count). The lowest BCUT2D eigenvalue weighted by Gasteiger charge is -2.26. The highest BCUT2D eigenvalue weighted by Crippen LogP contribution is 2.01. The van der Waals surface area contributed by atoms with Crippen LogP contribution in [0.5, 0.6) is 0 Å². The minimum absolute atomic E-state index is 0.852. The number of morpholine rings is 1. The van der Waals surface area contributed by atoms with E-state index in [1.165, 1.54) is 0 Å². The molecule has 0 aromatic rings. The molecule has 0 unspecified atom stereocenters. The van der Waals surface area contributed by atoms with E-state index >= 15 is 0 Å². The Balaban J connectivity index is 2.24. The van der Waals surface area contributed by atoms with Crippen molar-refractivity contribution in [2.75, 3.05) is 32.8 Å². The lowest BCUT2D eigenvalue weighted by atomic mass is 10.2. The van der Waals surface area contributed by atoms with Gasteiger partial charge in [-0.05, 0) is 5.57 Å². The molecular formula is C9H15NO. The predicted octanol–water partition coefficient (Wildman–Crippen LogP) is 1.06. The third-order valence-electron chi connectivity index (χ3n) is 1.82. The Bertz CT molecular complexity index is 148. The van der Waals surface area contributed by atoms with Crippen molar-refractivity contribution in [1.82, 2.24) is 4.90 Å². The molecule has 0 atom stereocenters. The fourth-order valence-corrected chi connectivity index (χ4v) is 1.11. The summed E-state index contributed by atoms with van der Waals surface area (Å²) in [6.07, 6.45) is 1.81. The quantitative estimate of drug-likeness (QED) is 0.562. The molecule has 0 bridgehead atoms. The highest BCUT2D eigenvalue weighted by molar-refractivity contribution is 5.12. The van der Waals surface area contributed by atoms with Gasteiger partial charge in [0.1, 0.15) is 0 Å². The van der Waals surface area contributed by atoms with Crippen LogP contribution in [-0.2, 0) is 4.74 Å². The predicted molar refractivity (Wildman–Crippen MR) is 46.6 cm³/mol. The largest absolute Gasteiger partial charge is 0.379 e. The highest BCUT2D eigenvalue weighted by atomic mass is 16.5. The molecule has 0 N–H and O–H groups in total. The Kier molecular flexibility index (Phi) is 3.33. The molecule has 1 saturated heterocycles. The van der Waals surface area contributed by atoms with Gasteiger partial charge in [-0.2, -0.15) is 0 Å². The van der Waals surface area contributed by atoms with Crippen LogP contribution in [0.2, 0.25) is 0 Å². The summed E-state index contributed by atoms with van der Waals surface area (Å²) in [5.41, 5.74) is 1.09. The van der Waals surface area contributed by atoms with Gasteiger partial charge in [0.2, 0.25) is 0 Å². The summed E-state index contributed by atoms with van der Waals surface area (Å²) < 4.78 is 5.22. The van der Waals surface area contributed by atoms with Crippen molar-refractivity contribution in [2.45, 2.75) is 0 Å². The fourth-order valence-electron chi connectivity index (χ4n) is 1.11. The van der Waals surface area contributed by atoms with Crippen LogP contribution in [-0.4, -0.2) is 37.7 Å². The van der Waals surface area contributed by atoms with Crippen LogP contribution in [0.15, 0.2) is 24.8 Å². The summed E-state index contributed by atoms with van der Waals surface area (Å²) in [7, 11) is 0. The lowest BCUT2D eigenvalue weighted by molar-refractivity contribution is 0.0426. The molecule has 1 aliphatic rings. The van der Waals surface area contributed by atoms with Crippen molar-refractivity contribution < 1.29 is 4.74 Å². The molecule has 0 aromatic carbocycles. The molecule has 0 saturated carbocycles. The first-order chi connectivity index (χ1) is 5.33. The van der Waals surface area contributed by atoms with E-state index in [2.05, 4.69) is 18.1 Å². The summed E-state index contributed by atoms with van der Waals surface area (Å²) in [4.78, 5) is 2.33. The first-order valence-corrected chi connectivity index (χ1v) is 3.93. The summed E-state index contributed by atoms with van der Waals surface area (Å²) in [5.74, 6) is 0. The molecule has 0 amide bonds. The van der Waals surface area contributed by atoms with Crippen molar-refractivity contribution in [3.05, 3.63) is 24.8 Å². The molecule has 2 nitrogen and oxygen atoms in total. The van der Waals surface area contributed by atoms with Gasteiger partial charge in [-0.15, -0.1) is 0 Å². The standard InChI is InChI=1S/C9H15NO/c1-3-9(2)8-10-4-6-11-7-5-10/h3H,1-2,4-8H2. The first kappa shape index (κ1) is 8.50. The van der Waals surface area contributed by atoms with Crippen molar-refractivity contribution in [2.24, 2.45) is 0 Å². The van der Waals surface area contributed by atoms with Crippen LogP contribution in [0.25, 0.3) is 0 Å². The average molecular weight is 153 g/mol. The number of hydrogen-bond donors (Lipinski definition) is 0. The van der Waals surface area contributed by atoms with Gasteiger partial charge in [0, 0.05) is 19.6 Å². The van der Waals surface area contributed by atoms with E-state index in [4.69, 9.17) is 4.74 Å². The molecule has 0 aliphatic carbocycles. The molecule has 0 spiro atoms. The topological polar surface area (TPSA) is 12.5 Å². The summed E-state index contributed by atoms with van der Waals surface area (Å²) in [5, 5.41) is 0. The molecule has 2 heteroatoms. The second-order valence-electron chi connectivity index (χ2n) is 2.75. The van der Waals surface area contributed by atoms with Crippen LogP contribution in [0.4, 0.5) is 0 Å². The molecule has 11 heavy (non-hydrogen) atoms. The number of rotatable bonds is 3. The van der Waals surface area contributed by atoms with Crippen LogP contribution >= 0.6 is 0 Å². The Labute approximate surface area is 68.1 Å². The highest BCUT2D eigenvalue weighted by Gasteiger charge is 2.09. The molecular weight excluding hydrogens is 138 g/mol. The molecule has 0 aromatic heterocycles. The fraction of sp³-hybridized carbons (Fsp3) is 0.556. The van der Waals surface area contributed by atoms with Crippen LogP contribution in [0, 0.1) is 0 Å². The second kappa shape index (κ2) is 4.31.